The van der Waals surface area contributed by atoms with Gasteiger partial charge in [-0.2, -0.15) is 5.26 Å². The molecule has 2 aromatic rings. The minimum absolute atomic E-state index is 0.285. The molecule has 1 spiro atoms. The standard InChI is InChI=1S/C20H20Cl2N4/c21-15-5-3-4-14(18(15)22)19-16(12-23)25-17(13-24-19)26-10-8-20(9-11-26)6-1-2-7-20/h3-5,13H,1-2,6-11H2. The molecule has 1 saturated carbocycles. The Morgan fingerprint density at radius 3 is 2.50 bits per heavy atom. The SMILES string of the molecule is N#Cc1nc(N2CCC3(CCCC3)CC2)cnc1-c1cccc(Cl)c1Cl. The summed E-state index contributed by atoms with van der Waals surface area (Å²) in [4.78, 5) is 11.3. The van der Waals surface area contributed by atoms with E-state index in [1.807, 2.05) is 6.07 Å². The van der Waals surface area contributed by atoms with Crippen molar-refractivity contribution in [2.45, 2.75) is 38.5 Å². The number of hydrogen-bond acceptors (Lipinski definition) is 4. The van der Waals surface area contributed by atoms with Crippen LogP contribution in [-0.2, 0) is 0 Å². The number of nitriles is 1. The Kier molecular flexibility index (Phi) is 4.77. The first kappa shape index (κ1) is 17.6. The van der Waals surface area contributed by atoms with E-state index in [4.69, 9.17) is 23.2 Å². The van der Waals surface area contributed by atoms with Gasteiger partial charge < -0.3 is 4.90 Å². The smallest absolute Gasteiger partial charge is 0.169 e. The highest BCUT2D eigenvalue weighted by Gasteiger charge is 2.37. The molecule has 26 heavy (non-hydrogen) atoms. The molecule has 1 saturated heterocycles. The number of nitrogens with zero attached hydrogens (tertiary/aromatic N) is 4. The van der Waals surface area contributed by atoms with E-state index in [0.717, 1.165) is 18.9 Å². The Morgan fingerprint density at radius 1 is 1.08 bits per heavy atom. The lowest BCUT2D eigenvalue weighted by Gasteiger charge is -2.39. The van der Waals surface area contributed by atoms with Crippen molar-refractivity contribution in [3.05, 3.63) is 40.1 Å². The summed E-state index contributed by atoms with van der Waals surface area (Å²) in [6, 6.07) is 7.49. The Morgan fingerprint density at radius 2 is 1.81 bits per heavy atom. The van der Waals surface area contributed by atoms with E-state index in [0.29, 0.717) is 26.7 Å². The molecule has 4 rings (SSSR count). The molecule has 0 atom stereocenters. The number of piperidine rings is 1. The van der Waals surface area contributed by atoms with Crippen LogP contribution in [0.2, 0.25) is 10.0 Å². The van der Waals surface area contributed by atoms with Crippen molar-refractivity contribution in [1.29, 1.82) is 5.26 Å². The lowest BCUT2D eigenvalue weighted by molar-refractivity contribution is 0.226. The Hall–Kier alpha value is -1.83. The molecule has 0 N–H and O–H groups in total. The maximum Gasteiger partial charge on any atom is 0.169 e. The number of aromatic nitrogens is 2. The number of halogens is 2. The fourth-order valence-electron chi connectivity index (χ4n) is 4.33. The quantitative estimate of drug-likeness (QED) is 0.685. The van der Waals surface area contributed by atoms with Gasteiger partial charge in [-0.25, -0.2) is 9.97 Å². The van der Waals surface area contributed by atoms with Gasteiger partial charge >= 0.3 is 0 Å². The van der Waals surface area contributed by atoms with E-state index in [1.54, 1.807) is 18.3 Å². The molecule has 1 aliphatic heterocycles. The second-order valence-electron chi connectivity index (χ2n) is 7.33. The molecule has 0 amide bonds. The van der Waals surface area contributed by atoms with Crippen LogP contribution in [0.3, 0.4) is 0 Å². The molecule has 2 fully saturated rings. The molecule has 1 aromatic carbocycles. The zero-order valence-electron chi connectivity index (χ0n) is 14.5. The number of hydrogen-bond donors (Lipinski definition) is 0. The van der Waals surface area contributed by atoms with Gasteiger partial charge in [0.1, 0.15) is 17.6 Å². The minimum Gasteiger partial charge on any atom is -0.355 e. The molecule has 4 nitrogen and oxygen atoms in total. The number of anilines is 1. The molecule has 2 heterocycles. The zero-order valence-corrected chi connectivity index (χ0v) is 16.0. The van der Waals surface area contributed by atoms with Crippen LogP contribution in [0.1, 0.15) is 44.2 Å². The average molecular weight is 387 g/mol. The lowest BCUT2D eigenvalue weighted by atomic mass is 9.77. The van der Waals surface area contributed by atoms with E-state index >= 15 is 0 Å². The molecule has 0 radical (unpaired) electrons. The Balaban J connectivity index is 1.60. The normalized spacial score (nSPS) is 18.9. The van der Waals surface area contributed by atoms with Crippen LogP contribution in [0.25, 0.3) is 11.3 Å². The second-order valence-corrected chi connectivity index (χ2v) is 8.12. The second kappa shape index (κ2) is 7.06. The van der Waals surface area contributed by atoms with Crippen molar-refractivity contribution < 1.29 is 0 Å². The monoisotopic (exact) mass is 386 g/mol. The number of benzene rings is 1. The summed E-state index contributed by atoms with van der Waals surface area (Å²) in [7, 11) is 0. The van der Waals surface area contributed by atoms with Crippen LogP contribution in [0.15, 0.2) is 24.4 Å². The van der Waals surface area contributed by atoms with E-state index in [-0.39, 0.29) is 5.69 Å². The lowest BCUT2D eigenvalue weighted by Crippen LogP contribution is -2.39. The average Bonchev–Trinajstić information content (AvgIpc) is 3.12. The molecule has 134 valence electrons. The van der Waals surface area contributed by atoms with Gasteiger partial charge in [-0.15, -0.1) is 0 Å². The topological polar surface area (TPSA) is 52.8 Å². The van der Waals surface area contributed by atoms with Crippen LogP contribution in [0.5, 0.6) is 0 Å². The van der Waals surface area contributed by atoms with Crippen molar-refractivity contribution in [3.8, 4) is 17.3 Å². The van der Waals surface area contributed by atoms with Gasteiger partial charge in [-0.3, -0.25) is 0 Å². The van der Waals surface area contributed by atoms with Crippen molar-refractivity contribution in [3.63, 3.8) is 0 Å². The molecule has 0 bridgehead atoms. The number of rotatable bonds is 2. The fraction of sp³-hybridized carbons (Fsp3) is 0.450. The fourth-order valence-corrected chi connectivity index (χ4v) is 4.72. The predicted molar refractivity (Wildman–Crippen MR) is 105 cm³/mol. The third kappa shape index (κ3) is 3.15. The summed E-state index contributed by atoms with van der Waals surface area (Å²) >= 11 is 12.4. The van der Waals surface area contributed by atoms with Crippen molar-refractivity contribution >= 4 is 29.0 Å². The van der Waals surface area contributed by atoms with E-state index in [9.17, 15) is 5.26 Å². The highest BCUT2D eigenvalue weighted by atomic mass is 35.5. The predicted octanol–water partition coefficient (Wildman–Crippen LogP) is 5.48. The minimum atomic E-state index is 0.285. The third-order valence-electron chi connectivity index (χ3n) is 5.88. The molecule has 1 aromatic heterocycles. The first-order valence-electron chi connectivity index (χ1n) is 9.08. The zero-order chi connectivity index (χ0) is 18.1. The van der Waals surface area contributed by atoms with E-state index in [2.05, 4.69) is 20.9 Å². The van der Waals surface area contributed by atoms with Crippen molar-refractivity contribution in [2.24, 2.45) is 5.41 Å². The molecule has 0 unspecified atom stereocenters. The highest BCUT2D eigenvalue weighted by Crippen LogP contribution is 2.46. The van der Waals surface area contributed by atoms with Gasteiger partial charge in [-0.05, 0) is 37.2 Å². The van der Waals surface area contributed by atoms with Crippen LogP contribution in [-0.4, -0.2) is 23.1 Å². The molecule has 6 heteroatoms. The summed E-state index contributed by atoms with van der Waals surface area (Å²) in [5.74, 6) is 0.774. The highest BCUT2D eigenvalue weighted by molar-refractivity contribution is 6.43. The molecular weight excluding hydrogens is 367 g/mol. The van der Waals surface area contributed by atoms with Crippen LogP contribution in [0, 0.1) is 16.7 Å². The molecular formula is C20H20Cl2N4. The van der Waals surface area contributed by atoms with Gasteiger partial charge in [0.25, 0.3) is 0 Å². The van der Waals surface area contributed by atoms with Crippen LogP contribution in [0.4, 0.5) is 5.82 Å². The first-order valence-corrected chi connectivity index (χ1v) is 9.84. The van der Waals surface area contributed by atoms with Gasteiger partial charge in [-0.1, -0.05) is 48.2 Å². The Labute approximate surface area is 163 Å². The first-order chi connectivity index (χ1) is 12.6. The van der Waals surface area contributed by atoms with Gasteiger partial charge in [0, 0.05) is 18.7 Å². The summed E-state index contributed by atoms with van der Waals surface area (Å²) in [5, 5.41) is 10.4. The van der Waals surface area contributed by atoms with Gasteiger partial charge in [0.2, 0.25) is 0 Å². The molecule has 2 aliphatic rings. The van der Waals surface area contributed by atoms with Gasteiger partial charge in [0.05, 0.1) is 16.2 Å². The van der Waals surface area contributed by atoms with Gasteiger partial charge in [0.15, 0.2) is 5.69 Å². The van der Waals surface area contributed by atoms with Crippen molar-refractivity contribution in [1.82, 2.24) is 9.97 Å². The van der Waals surface area contributed by atoms with Crippen LogP contribution < -0.4 is 4.90 Å². The van der Waals surface area contributed by atoms with E-state index in [1.165, 1.54) is 38.5 Å². The maximum atomic E-state index is 9.58. The summed E-state index contributed by atoms with van der Waals surface area (Å²) in [6.45, 7) is 1.97. The summed E-state index contributed by atoms with van der Waals surface area (Å²) in [5.41, 5.74) is 1.95. The third-order valence-corrected chi connectivity index (χ3v) is 6.70. The maximum absolute atomic E-state index is 9.58. The molecule has 1 aliphatic carbocycles. The Bertz CT molecular complexity index is 859. The largest absolute Gasteiger partial charge is 0.355 e. The summed E-state index contributed by atoms with van der Waals surface area (Å²) < 4.78 is 0. The van der Waals surface area contributed by atoms with Crippen LogP contribution >= 0.6 is 23.2 Å². The van der Waals surface area contributed by atoms with E-state index < -0.39 is 0 Å². The van der Waals surface area contributed by atoms with Crippen molar-refractivity contribution in [2.75, 3.05) is 18.0 Å². The summed E-state index contributed by atoms with van der Waals surface area (Å²) in [6.07, 6.45) is 9.63.